The number of aliphatic hydroxyl groups excluding tert-OH is 1. The summed E-state index contributed by atoms with van der Waals surface area (Å²) in [6.07, 6.45) is 1.31. The molecule has 0 radical (unpaired) electrons. The number of benzene rings is 1. The molecule has 0 saturated carbocycles. The van der Waals surface area contributed by atoms with E-state index in [4.69, 9.17) is 9.84 Å². The summed E-state index contributed by atoms with van der Waals surface area (Å²) in [5.41, 5.74) is -0.369. The predicted molar refractivity (Wildman–Crippen MR) is 70.5 cm³/mol. The Balaban J connectivity index is 2.41. The SMILES string of the molecule is CCC(C)(CCO)NC(=O)COc1ccccc1. The molecule has 1 unspecified atom stereocenters. The Bertz CT molecular complexity index is 367. The molecule has 1 aromatic carbocycles. The maximum absolute atomic E-state index is 11.7. The van der Waals surface area contributed by atoms with Crippen LogP contribution >= 0.6 is 0 Å². The summed E-state index contributed by atoms with van der Waals surface area (Å²) in [6, 6.07) is 9.21. The van der Waals surface area contributed by atoms with Gasteiger partial charge in [0.1, 0.15) is 5.75 Å². The van der Waals surface area contributed by atoms with Crippen LogP contribution in [0, 0.1) is 0 Å². The Morgan fingerprint density at radius 2 is 2.06 bits per heavy atom. The van der Waals surface area contributed by atoms with E-state index in [-0.39, 0.29) is 24.7 Å². The van der Waals surface area contributed by atoms with Gasteiger partial charge >= 0.3 is 0 Å². The van der Waals surface area contributed by atoms with Crippen LogP contribution < -0.4 is 10.1 Å². The molecule has 0 aromatic heterocycles. The number of ether oxygens (including phenoxy) is 1. The fourth-order valence-electron chi connectivity index (χ4n) is 1.61. The van der Waals surface area contributed by atoms with Crippen LogP contribution in [0.2, 0.25) is 0 Å². The van der Waals surface area contributed by atoms with Crippen LogP contribution in [0.5, 0.6) is 5.75 Å². The van der Waals surface area contributed by atoms with Gasteiger partial charge in [-0.2, -0.15) is 0 Å². The maximum atomic E-state index is 11.7. The van der Waals surface area contributed by atoms with E-state index in [0.717, 1.165) is 6.42 Å². The third-order valence-electron chi connectivity index (χ3n) is 3.00. The largest absolute Gasteiger partial charge is 0.484 e. The number of aliphatic hydroxyl groups is 1. The molecular weight excluding hydrogens is 230 g/mol. The second kappa shape index (κ2) is 7.01. The number of nitrogens with one attached hydrogen (secondary N) is 1. The minimum Gasteiger partial charge on any atom is -0.484 e. The van der Waals surface area contributed by atoms with E-state index in [1.807, 2.05) is 32.0 Å². The molecule has 0 aliphatic carbocycles. The first-order chi connectivity index (χ1) is 8.59. The van der Waals surface area contributed by atoms with Gasteiger partial charge in [-0.25, -0.2) is 0 Å². The molecule has 0 fully saturated rings. The highest BCUT2D eigenvalue weighted by molar-refractivity contribution is 5.78. The third kappa shape index (κ3) is 4.75. The zero-order chi connectivity index (χ0) is 13.4. The monoisotopic (exact) mass is 251 g/mol. The standard InChI is InChI=1S/C14H21NO3/c1-3-14(2,9-10-16)15-13(17)11-18-12-7-5-4-6-8-12/h4-8,16H,3,9-11H2,1-2H3,(H,15,17). The molecule has 1 amide bonds. The highest BCUT2D eigenvalue weighted by atomic mass is 16.5. The molecule has 0 aliphatic rings. The molecule has 0 spiro atoms. The summed E-state index contributed by atoms with van der Waals surface area (Å²) in [5, 5.41) is 11.9. The minimum atomic E-state index is -0.369. The summed E-state index contributed by atoms with van der Waals surface area (Å²) in [7, 11) is 0. The first-order valence-corrected chi connectivity index (χ1v) is 6.19. The fraction of sp³-hybridized carbons (Fsp3) is 0.500. The number of hydrogen-bond acceptors (Lipinski definition) is 3. The van der Waals surface area contributed by atoms with Gasteiger partial charge in [-0.1, -0.05) is 25.1 Å². The van der Waals surface area contributed by atoms with Crippen molar-refractivity contribution >= 4 is 5.91 Å². The molecule has 1 rings (SSSR count). The number of hydrogen-bond donors (Lipinski definition) is 2. The van der Waals surface area contributed by atoms with Gasteiger partial charge in [0.05, 0.1) is 0 Å². The van der Waals surface area contributed by atoms with Crippen LogP contribution in [0.15, 0.2) is 30.3 Å². The van der Waals surface area contributed by atoms with Crippen LogP contribution in [0.3, 0.4) is 0 Å². The summed E-state index contributed by atoms with van der Waals surface area (Å²) in [4.78, 5) is 11.7. The van der Waals surface area contributed by atoms with Gasteiger partial charge in [0, 0.05) is 12.1 Å². The Labute approximate surface area is 108 Å². The van der Waals surface area contributed by atoms with E-state index in [1.165, 1.54) is 0 Å². The van der Waals surface area contributed by atoms with Crippen molar-refractivity contribution in [1.29, 1.82) is 0 Å². The second-order valence-electron chi connectivity index (χ2n) is 4.54. The number of carbonyl (C=O) groups excluding carboxylic acids is 1. The smallest absolute Gasteiger partial charge is 0.258 e. The summed E-state index contributed by atoms with van der Waals surface area (Å²) < 4.78 is 5.36. The Morgan fingerprint density at radius 1 is 1.39 bits per heavy atom. The van der Waals surface area contributed by atoms with E-state index in [9.17, 15) is 4.79 Å². The van der Waals surface area contributed by atoms with Gasteiger partial charge < -0.3 is 15.2 Å². The van der Waals surface area contributed by atoms with Gasteiger partial charge in [0.25, 0.3) is 5.91 Å². The van der Waals surface area contributed by atoms with Crippen molar-refractivity contribution in [1.82, 2.24) is 5.32 Å². The van der Waals surface area contributed by atoms with Gasteiger partial charge in [0.2, 0.25) is 0 Å². The second-order valence-corrected chi connectivity index (χ2v) is 4.54. The van der Waals surface area contributed by atoms with Crippen molar-refractivity contribution in [3.05, 3.63) is 30.3 Å². The summed E-state index contributed by atoms with van der Waals surface area (Å²) in [5.74, 6) is 0.504. The fourth-order valence-corrected chi connectivity index (χ4v) is 1.61. The third-order valence-corrected chi connectivity index (χ3v) is 3.00. The summed E-state index contributed by atoms with van der Waals surface area (Å²) >= 11 is 0. The number of amides is 1. The zero-order valence-corrected chi connectivity index (χ0v) is 11.0. The molecule has 4 heteroatoms. The van der Waals surface area contributed by atoms with Crippen LogP contribution in [0.4, 0.5) is 0 Å². The van der Waals surface area contributed by atoms with Crippen molar-refractivity contribution in [3.63, 3.8) is 0 Å². The van der Waals surface area contributed by atoms with Gasteiger partial charge in [-0.15, -0.1) is 0 Å². The molecule has 1 atom stereocenters. The molecule has 2 N–H and O–H groups in total. The Morgan fingerprint density at radius 3 is 2.61 bits per heavy atom. The van der Waals surface area contributed by atoms with Crippen LogP contribution in [-0.4, -0.2) is 29.8 Å². The maximum Gasteiger partial charge on any atom is 0.258 e. The number of rotatable bonds is 7. The lowest BCUT2D eigenvalue weighted by Crippen LogP contribution is -2.47. The molecule has 0 saturated heterocycles. The highest BCUT2D eigenvalue weighted by Crippen LogP contribution is 2.14. The van der Waals surface area contributed by atoms with E-state index in [0.29, 0.717) is 12.2 Å². The van der Waals surface area contributed by atoms with Gasteiger partial charge in [-0.3, -0.25) is 4.79 Å². The van der Waals surface area contributed by atoms with Crippen molar-refractivity contribution < 1.29 is 14.6 Å². The average molecular weight is 251 g/mol. The van der Waals surface area contributed by atoms with Crippen LogP contribution in [-0.2, 0) is 4.79 Å². The molecule has 100 valence electrons. The molecular formula is C14H21NO3. The molecule has 1 aromatic rings. The predicted octanol–water partition coefficient (Wildman–Crippen LogP) is 1.73. The van der Waals surface area contributed by atoms with E-state index >= 15 is 0 Å². The van der Waals surface area contributed by atoms with Gasteiger partial charge in [-0.05, 0) is 31.9 Å². The van der Waals surface area contributed by atoms with Crippen molar-refractivity contribution in [2.45, 2.75) is 32.2 Å². The lowest BCUT2D eigenvalue weighted by Gasteiger charge is -2.28. The molecule has 0 aliphatic heterocycles. The number of para-hydroxylation sites is 1. The first kappa shape index (κ1) is 14.5. The lowest BCUT2D eigenvalue weighted by atomic mass is 9.95. The van der Waals surface area contributed by atoms with Crippen LogP contribution in [0.25, 0.3) is 0 Å². The Hall–Kier alpha value is -1.55. The normalized spacial score (nSPS) is 13.7. The zero-order valence-electron chi connectivity index (χ0n) is 11.0. The van der Waals surface area contributed by atoms with E-state index in [2.05, 4.69) is 5.32 Å². The highest BCUT2D eigenvalue weighted by Gasteiger charge is 2.23. The molecule has 4 nitrogen and oxygen atoms in total. The van der Waals surface area contributed by atoms with Crippen molar-refractivity contribution in [2.24, 2.45) is 0 Å². The Kier molecular flexibility index (Phi) is 5.65. The van der Waals surface area contributed by atoms with Crippen molar-refractivity contribution in [3.8, 4) is 5.75 Å². The number of carbonyl (C=O) groups is 1. The minimum absolute atomic E-state index is 0.00890. The average Bonchev–Trinajstić information content (AvgIpc) is 2.38. The lowest BCUT2D eigenvalue weighted by molar-refractivity contribution is -0.125. The molecule has 0 bridgehead atoms. The quantitative estimate of drug-likeness (QED) is 0.776. The summed E-state index contributed by atoms with van der Waals surface area (Å²) in [6.45, 7) is 3.95. The van der Waals surface area contributed by atoms with E-state index < -0.39 is 0 Å². The van der Waals surface area contributed by atoms with E-state index in [1.54, 1.807) is 12.1 Å². The molecule has 0 heterocycles. The van der Waals surface area contributed by atoms with Crippen molar-refractivity contribution in [2.75, 3.05) is 13.2 Å². The molecule has 18 heavy (non-hydrogen) atoms. The van der Waals surface area contributed by atoms with Gasteiger partial charge in [0.15, 0.2) is 6.61 Å². The van der Waals surface area contributed by atoms with Crippen LogP contribution in [0.1, 0.15) is 26.7 Å². The first-order valence-electron chi connectivity index (χ1n) is 6.19. The topological polar surface area (TPSA) is 58.6 Å².